The molecule has 3 rings (SSSR count). The normalized spacial score (nSPS) is 20.2. The summed E-state index contributed by atoms with van der Waals surface area (Å²) in [5.74, 6) is 0.00805. The maximum Gasteiger partial charge on any atom is 0.291 e. The van der Waals surface area contributed by atoms with Crippen LogP contribution in [-0.2, 0) is 4.74 Å². The molecular weight excluding hydrogens is 328 g/mol. The van der Waals surface area contributed by atoms with Gasteiger partial charge in [-0.1, -0.05) is 0 Å². The van der Waals surface area contributed by atoms with Gasteiger partial charge in [0, 0.05) is 56.6 Å². The zero-order chi connectivity index (χ0) is 18.7. The van der Waals surface area contributed by atoms with Crippen molar-refractivity contribution < 1.29 is 4.74 Å². The van der Waals surface area contributed by atoms with Crippen LogP contribution in [0.5, 0.6) is 0 Å². The number of ether oxygens (including phenoxy) is 1. The second-order valence-electron chi connectivity index (χ2n) is 7.37. The van der Waals surface area contributed by atoms with E-state index >= 15 is 0 Å². The molecule has 0 saturated carbocycles. The van der Waals surface area contributed by atoms with Crippen molar-refractivity contribution in [2.24, 2.45) is 0 Å². The second-order valence-corrected chi connectivity index (χ2v) is 7.37. The number of anilines is 1. The zero-order valence-electron chi connectivity index (χ0n) is 15.8. The van der Waals surface area contributed by atoms with Gasteiger partial charge in [0.25, 0.3) is 6.02 Å². The number of piperazine rings is 1. The molecule has 2 fully saturated rings. The number of aryl methyl sites for hydroxylation is 1. The Morgan fingerprint density at radius 2 is 1.73 bits per heavy atom. The molecule has 1 aromatic carbocycles. The Bertz CT molecular complexity index is 660. The van der Waals surface area contributed by atoms with Gasteiger partial charge in [0.05, 0.1) is 0 Å². The molecule has 0 spiro atoms. The summed E-state index contributed by atoms with van der Waals surface area (Å²) in [6, 6.07) is 6.03. The highest BCUT2D eigenvalue weighted by Gasteiger charge is 2.28. The first-order valence-corrected chi connectivity index (χ1v) is 9.33. The third kappa shape index (κ3) is 4.34. The van der Waals surface area contributed by atoms with E-state index in [0.29, 0.717) is 17.3 Å². The van der Waals surface area contributed by atoms with Crippen molar-refractivity contribution in [3.63, 3.8) is 0 Å². The Labute approximate surface area is 155 Å². The van der Waals surface area contributed by atoms with Gasteiger partial charge in [-0.2, -0.15) is 0 Å². The van der Waals surface area contributed by atoms with Gasteiger partial charge in [-0.3, -0.25) is 15.7 Å². The lowest BCUT2D eigenvalue weighted by molar-refractivity contribution is 0.0786. The van der Waals surface area contributed by atoms with Gasteiger partial charge in [-0.15, -0.1) is 0 Å². The molecule has 0 bridgehead atoms. The lowest BCUT2D eigenvalue weighted by atomic mass is 10.0. The molecule has 0 radical (unpaired) electrons. The quantitative estimate of drug-likeness (QED) is 0.424. The van der Waals surface area contributed by atoms with Gasteiger partial charge >= 0.3 is 0 Å². The minimum absolute atomic E-state index is 0.00805. The summed E-state index contributed by atoms with van der Waals surface area (Å²) in [5.41, 5.74) is 7.99. The largest absolute Gasteiger partial charge is 0.407 e. The standard InChI is InChI=1S/C19H30N6O/c1-14-13-15(20)3-4-17(14)18(21)26-19(22)25-7-5-16(6-8-25)24-11-9-23(2)10-12-24/h3-4,13,16,21-22H,5-12,20H2,1-2H3. The summed E-state index contributed by atoms with van der Waals surface area (Å²) in [6.07, 6.45) is 2.09. The fourth-order valence-corrected chi connectivity index (χ4v) is 3.78. The smallest absolute Gasteiger partial charge is 0.291 e. The van der Waals surface area contributed by atoms with Gasteiger partial charge in [0.2, 0.25) is 5.90 Å². The molecule has 142 valence electrons. The van der Waals surface area contributed by atoms with E-state index in [1.807, 2.05) is 17.9 Å². The summed E-state index contributed by atoms with van der Waals surface area (Å²) in [6.45, 7) is 8.06. The summed E-state index contributed by atoms with van der Waals surface area (Å²) < 4.78 is 5.52. The number of nitrogens with two attached hydrogens (primary N) is 1. The molecule has 0 unspecified atom stereocenters. The van der Waals surface area contributed by atoms with Crippen LogP contribution in [0, 0.1) is 17.7 Å². The van der Waals surface area contributed by atoms with Crippen molar-refractivity contribution in [3.8, 4) is 0 Å². The molecule has 7 nitrogen and oxygen atoms in total. The second kappa shape index (κ2) is 8.05. The predicted molar refractivity (Wildman–Crippen MR) is 105 cm³/mol. The van der Waals surface area contributed by atoms with Gasteiger partial charge < -0.3 is 20.3 Å². The van der Waals surface area contributed by atoms with Crippen molar-refractivity contribution in [1.82, 2.24) is 14.7 Å². The number of rotatable bonds is 2. The Morgan fingerprint density at radius 3 is 2.35 bits per heavy atom. The van der Waals surface area contributed by atoms with Crippen LogP contribution in [0.25, 0.3) is 0 Å². The highest BCUT2D eigenvalue weighted by atomic mass is 16.5. The number of hydrogen-bond acceptors (Lipinski definition) is 6. The molecule has 2 heterocycles. The van der Waals surface area contributed by atoms with Crippen molar-refractivity contribution >= 4 is 17.6 Å². The van der Waals surface area contributed by atoms with E-state index < -0.39 is 0 Å². The Hall–Kier alpha value is -2.12. The first kappa shape index (κ1) is 18.7. The number of nitrogens with one attached hydrogen (secondary N) is 2. The average molecular weight is 358 g/mol. The molecule has 2 aliphatic heterocycles. The summed E-state index contributed by atoms with van der Waals surface area (Å²) in [4.78, 5) is 6.90. The molecular formula is C19H30N6O. The van der Waals surface area contributed by atoms with Gasteiger partial charge in [0.1, 0.15) is 0 Å². The maximum absolute atomic E-state index is 8.23. The molecule has 1 aromatic rings. The van der Waals surface area contributed by atoms with E-state index in [1.165, 1.54) is 0 Å². The molecule has 0 amide bonds. The van der Waals surface area contributed by atoms with Gasteiger partial charge in [-0.05, 0) is 50.6 Å². The Kier molecular flexibility index (Phi) is 5.78. The van der Waals surface area contributed by atoms with Gasteiger partial charge in [-0.25, -0.2) is 0 Å². The number of benzene rings is 1. The van der Waals surface area contributed by atoms with Crippen molar-refractivity contribution in [2.75, 3.05) is 52.0 Å². The first-order chi connectivity index (χ1) is 12.4. The van der Waals surface area contributed by atoms with Crippen LogP contribution in [0.1, 0.15) is 24.0 Å². The monoisotopic (exact) mass is 358 g/mol. The van der Waals surface area contributed by atoms with E-state index in [9.17, 15) is 0 Å². The van der Waals surface area contributed by atoms with Gasteiger partial charge in [0.15, 0.2) is 0 Å². The number of piperidine rings is 1. The van der Waals surface area contributed by atoms with Crippen LogP contribution in [0.4, 0.5) is 5.69 Å². The Balaban J connectivity index is 1.49. The van der Waals surface area contributed by atoms with E-state index in [4.69, 9.17) is 21.3 Å². The van der Waals surface area contributed by atoms with Crippen LogP contribution in [0.15, 0.2) is 18.2 Å². The fraction of sp³-hybridized carbons (Fsp3) is 0.579. The molecule has 2 aliphatic rings. The van der Waals surface area contributed by atoms with Crippen LogP contribution < -0.4 is 5.73 Å². The molecule has 0 aliphatic carbocycles. The fourth-order valence-electron chi connectivity index (χ4n) is 3.78. The van der Waals surface area contributed by atoms with Crippen LogP contribution in [0.3, 0.4) is 0 Å². The number of nitrogens with zero attached hydrogens (tertiary/aromatic N) is 3. The number of likely N-dealkylation sites (tertiary alicyclic amines) is 1. The van der Waals surface area contributed by atoms with Crippen molar-refractivity contribution in [2.45, 2.75) is 25.8 Å². The lowest BCUT2D eigenvalue weighted by Crippen LogP contribution is -2.53. The lowest BCUT2D eigenvalue weighted by Gasteiger charge is -2.42. The minimum Gasteiger partial charge on any atom is -0.407 e. The number of hydrogen-bond donors (Lipinski definition) is 3. The Morgan fingerprint density at radius 1 is 1.08 bits per heavy atom. The SMILES string of the molecule is Cc1cc(N)ccc1C(=N)OC(=N)N1CCC(N2CCN(C)CC2)CC1. The molecule has 26 heavy (non-hydrogen) atoms. The maximum atomic E-state index is 8.23. The van der Waals surface area contributed by atoms with Crippen molar-refractivity contribution in [1.29, 1.82) is 10.8 Å². The summed E-state index contributed by atoms with van der Waals surface area (Å²) in [7, 11) is 2.18. The molecule has 0 atom stereocenters. The summed E-state index contributed by atoms with van der Waals surface area (Å²) in [5, 5.41) is 16.4. The number of nitrogen functional groups attached to an aromatic ring is 1. The third-order valence-corrected chi connectivity index (χ3v) is 5.50. The van der Waals surface area contributed by atoms with Crippen LogP contribution >= 0.6 is 0 Å². The van der Waals surface area contributed by atoms with Crippen LogP contribution in [-0.4, -0.2) is 79.0 Å². The average Bonchev–Trinajstić information content (AvgIpc) is 2.62. The summed E-state index contributed by atoms with van der Waals surface area (Å²) >= 11 is 0. The molecule has 4 N–H and O–H groups in total. The molecule has 0 aromatic heterocycles. The van der Waals surface area contributed by atoms with Crippen molar-refractivity contribution in [3.05, 3.63) is 29.3 Å². The predicted octanol–water partition coefficient (Wildman–Crippen LogP) is 1.57. The van der Waals surface area contributed by atoms with E-state index in [1.54, 1.807) is 12.1 Å². The minimum atomic E-state index is 0.00805. The van der Waals surface area contributed by atoms with E-state index in [0.717, 1.165) is 57.7 Å². The van der Waals surface area contributed by atoms with E-state index in [2.05, 4.69) is 16.8 Å². The number of likely N-dealkylation sites (N-methyl/N-ethyl adjacent to an activating group) is 1. The topological polar surface area (TPSA) is 92.7 Å². The van der Waals surface area contributed by atoms with Crippen LogP contribution in [0.2, 0.25) is 0 Å². The first-order valence-electron chi connectivity index (χ1n) is 9.33. The molecule has 2 saturated heterocycles. The zero-order valence-corrected chi connectivity index (χ0v) is 15.8. The highest BCUT2D eigenvalue weighted by Crippen LogP contribution is 2.19. The number of amidine groups is 1. The highest BCUT2D eigenvalue weighted by molar-refractivity contribution is 5.99. The van der Waals surface area contributed by atoms with E-state index in [-0.39, 0.29) is 11.9 Å². The third-order valence-electron chi connectivity index (χ3n) is 5.50. The molecule has 7 heteroatoms.